The van der Waals surface area contributed by atoms with Crippen molar-refractivity contribution in [2.45, 2.75) is 6.04 Å². The van der Waals surface area contributed by atoms with Crippen LogP contribution in [0.1, 0.15) is 11.6 Å². The number of nitrogens with zero attached hydrogens (tertiary/aromatic N) is 1. The van der Waals surface area contributed by atoms with Gasteiger partial charge in [0.1, 0.15) is 5.75 Å². The molecule has 0 radical (unpaired) electrons. The van der Waals surface area contributed by atoms with Crippen LogP contribution in [0.15, 0.2) is 12.1 Å². The Morgan fingerprint density at radius 3 is 2.83 bits per heavy atom. The molecular formula is C13H18N2O3. The van der Waals surface area contributed by atoms with E-state index in [1.807, 2.05) is 12.1 Å². The van der Waals surface area contributed by atoms with E-state index in [9.17, 15) is 0 Å². The predicted octanol–water partition coefficient (Wildman–Crippen LogP) is 1.000. The largest absolute Gasteiger partial charge is 0.496 e. The van der Waals surface area contributed by atoms with Gasteiger partial charge in [-0.3, -0.25) is 4.90 Å². The lowest BCUT2D eigenvalue weighted by Gasteiger charge is -2.34. The third-order valence-electron chi connectivity index (χ3n) is 3.59. The summed E-state index contributed by atoms with van der Waals surface area (Å²) in [5, 5.41) is 3.41. The molecule has 2 aliphatic heterocycles. The van der Waals surface area contributed by atoms with Gasteiger partial charge in [-0.2, -0.15) is 0 Å². The van der Waals surface area contributed by atoms with Gasteiger partial charge in [0.05, 0.1) is 13.2 Å². The van der Waals surface area contributed by atoms with Crippen molar-refractivity contribution in [2.24, 2.45) is 0 Å². The molecule has 1 atom stereocenters. The molecule has 1 unspecified atom stereocenters. The minimum Gasteiger partial charge on any atom is -0.496 e. The first kappa shape index (κ1) is 11.6. The zero-order chi connectivity index (χ0) is 12.5. The normalized spacial score (nSPS) is 23.1. The molecule has 3 rings (SSSR count). The number of likely N-dealkylation sites (N-methyl/N-ethyl adjacent to an activating group) is 1. The van der Waals surface area contributed by atoms with E-state index < -0.39 is 0 Å². The van der Waals surface area contributed by atoms with Crippen LogP contribution in [-0.2, 0) is 0 Å². The molecule has 0 amide bonds. The van der Waals surface area contributed by atoms with Crippen molar-refractivity contribution in [3.05, 3.63) is 17.7 Å². The van der Waals surface area contributed by atoms with Crippen LogP contribution in [0.5, 0.6) is 17.2 Å². The fourth-order valence-electron chi connectivity index (χ4n) is 2.53. The van der Waals surface area contributed by atoms with E-state index in [4.69, 9.17) is 14.2 Å². The van der Waals surface area contributed by atoms with Crippen molar-refractivity contribution in [1.82, 2.24) is 10.2 Å². The van der Waals surface area contributed by atoms with Crippen LogP contribution in [0, 0.1) is 0 Å². The quantitative estimate of drug-likeness (QED) is 0.848. The minimum absolute atomic E-state index is 0.292. The number of piperazine rings is 1. The van der Waals surface area contributed by atoms with E-state index in [0.29, 0.717) is 12.8 Å². The molecule has 0 aromatic heterocycles. The number of fused-ring (bicyclic) bond motifs is 1. The maximum Gasteiger partial charge on any atom is 0.231 e. The molecule has 1 aromatic carbocycles. The molecule has 2 heterocycles. The monoisotopic (exact) mass is 250 g/mol. The predicted molar refractivity (Wildman–Crippen MR) is 67.4 cm³/mol. The molecular weight excluding hydrogens is 232 g/mol. The van der Waals surface area contributed by atoms with E-state index in [1.54, 1.807) is 7.11 Å². The SMILES string of the molecule is COc1cc2c(cc1C1CNCCN1C)OCO2. The summed E-state index contributed by atoms with van der Waals surface area (Å²) in [6.07, 6.45) is 0. The lowest BCUT2D eigenvalue weighted by Crippen LogP contribution is -2.43. The Morgan fingerprint density at radius 1 is 1.33 bits per heavy atom. The molecule has 0 saturated carbocycles. The number of rotatable bonds is 2. The molecule has 5 nitrogen and oxygen atoms in total. The van der Waals surface area contributed by atoms with Gasteiger partial charge in [0.15, 0.2) is 11.5 Å². The summed E-state index contributed by atoms with van der Waals surface area (Å²) in [5.41, 5.74) is 1.15. The highest BCUT2D eigenvalue weighted by atomic mass is 16.7. The van der Waals surface area contributed by atoms with Crippen molar-refractivity contribution in [3.63, 3.8) is 0 Å². The number of methoxy groups -OCH3 is 1. The standard InChI is InChI=1S/C13H18N2O3/c1-15-4-3-14-7-10(15)9-5-12-13(18-8-17-12)6-11(9)16-2/h5-6,10,14H,3-4,7-8H2,1-2H3. The van der Waals surface area contributed by atoms with Crippen LogP contribution in [-0.4, -0.2) is 45.5 Å². The molecule has 1 fully saturated rings. The van der Waals surface area contributed by atoms with Crippen molar-refractivity contribution in [2.75, 3.05) is 40.6 Å². The summed E-state index contributed by atoms with van der Waals surface area (Å²) in [4.78, 5) is 2.33. The average molecular weight is 250 g/mol. The zero-order valence-corrected chi connectivity index (χ0v) is 10.7. The zero-order valence-electron chi connectivity index (χ0n) is 10.7. The van der Waals surface area contributed by atoms with E-state index in [1.165, 1.54) is 0 Å². The smallest absolute Gasteiger partial charge is 0.231 e. The lowest BCUT2D eigenvalue weighted by molar-refractivity contribution is 0.173. The van der Waals surface area contributed by atoms with Crippen molar-refractivity contribution >= 4 is 0 Å². The maximum atomic E-state index is 5.48. The molecule has 5 heteroatoms. The number of benzene rings is 1. The second-order valence-electron chi connectivity index (χ2n) is 4.65. The topological polar surface area (TPSA) is 43.0 Å². The maximum absolute atomic E-state index is 5.48. The van der Waals surface area contributed by atoms with Crippen molar-refractivity contribution in [3.8, 4) is 17.2 Å². The molecule has 0 bridgehead atoms. The van der Waals surface area contributed by atoms with Crippen LogP contribution in [0.2, 0.25) is 0 Å². The number of nitrogens with one attached hydrogen (secondary N) is 1. The highest BCUT2D eigenvalue weighted by molar-refractivity contribution is 5.53. The number of ether oxygens (including phenoxy) is 3. The van der Waals surface area contributed by atoms with Gasteiger partial charge in [-0.25, -0.2) is 0 Å². The van der Waals surface area contributed by atoms with E-state index >= 15 is 0 Å². The minimum atomic E-state index is 0.292. The first-order valence-electron chi connectivity index (χ1n) is 6.18. The third-order valence-corrected chi connectivity index (χ3v) is 3.59. The average Bonchev–Trinajstić information content (AvgIpc) is 2.85. The summed E-state index contributed by atoms with van der Waals surface area (Å²) in [6, 6.07) is 4.26. The summed E-state index contributed by atoms with van der Waals surface area (Å²) < 4.78 is 16.3. The van der Waals surface area contributed by atoms with Gasteiger partial charge in [0.2, 0.25) is 6.79 Å². The Hall–Kier alpha value is -1.46. The summed E-state index contributed by atoms with van der Waals surface area (Å²) in [5.74, 6) is 2.44. The van der Waals surface area contributed by atoms with Gasteiger partial charge < -0.3 is 19.5 Å². The Morgan fingerprint density at radius 2 is 2.11 bits per heavy atom. The molecule has 0 spiro atoms. The van der Waals surface area contributed by atoms with Crippen LogP contribution in [0.25, 0.3) is 0 Å². The first-order valence-corrected chi connectivity index (χ1v) is 6.18. The second kappa shape index (κ2) is 4.66. The number of hydrogen-bond donors (Lipinski definition) is 1. The van der Waals surface area contributed by atoms with Crippen LogP contribution >= 0.6 is 0 Å². The van der Waals surface area contributed by atoms with Gasteiger partial charge >= 0.3 is 0 Å². The molecule has 1 saturated heterocycles. The fraction of sp³-hybridized carbons (Fsp3) is 0.538. The molecule has 18 heavy (non-hydrogen) atoms. The van der Waals surface area contributed by atoms with Gasteiger partial charge in [-0.1, -0.05) is 0 Å². The van der Waals surface area contributed by atoms with Gasteiger partial charge in [0, 0.05) is 31.3 Å². The van der Waals surface area contributed by atoms with Gasteiger partial charge in [0.25, 0.3) is 0 Å². The van der Waals surface area contributed by atoms with E-state index in [2.05, 4.69) is 17.3 Å². The summed E-state index contributed by atoms with van der Waals surface area (Å²) in [7, 11) is 3.83. The first-order chi connectivity index (χ1) is 8.79. The second-order valence-corrected chi connectivity index (χ2v) is 4.65. The summed E-state index contributed by atoms with van der Waals surface area (Å²) >= 11 is 0. The third kappa shape index (κ3) is 1.89. The molecule has 1 aromatic rings. The Kier molecular flexibility index (Phi) is 3.01. The molecule has 2 aliphatic rings. The van der Waals surface area contributed by atoms with Crippen LogP contribution in [0.3, 0.4) is 0 Å². The van der Waals surface area contributed by atoms with E-state index in [0.717, 1.165) is 42.4 Å². The van der Waals surface area contributed by atoms with Crippen LogP contribution in [0.4, 0.5) is 0 Å². The Labute approximate surface area is 107 Å². The fourth-order valence-corrected chi connectivity index (χ4v) is 2.53. The molecule has 1 N–H and O–H groups in total. The molecule has 0 aliphatic carbocycles. The van der Waals surface area contributed by atoms with Gasteiger partial charge in [-0.05, 0) is 13.1 Å². The van der Waals surface area contributed by atoms with Crippen molar-refractivity contribution in [1.29, 1.82) is 0 Å². The van der Waals surface area contributed by atoms with Crippen LogP contribution < -0.4 is 19.5 Å². The summed E-state index contributed by atoms with van der Waals surface area (Å²) in [6.45, 7) is 3.27. The Balaban J connectivity index is 1.99. The highest BCUT2D eigenvalue weighted by Crippen LogP contribution is 2.41. The van der Waals surface area contributed by atoms with Gasteiger partial charge in [-0.15, -0.1) is 0 Å². The van der Waals surface area contributed by atoms with Crippen molar-refractivity contribution < 1.29 is 14.2 Å². The lowest BCUT2D eigenvalue weighted by atomic mass is 10.0. The highest BCUT2D eigenvalue weighted by Gasteiger charge is 2.26. The molecule has 98 valence electrons. The number of hydrogen-bond acceptors (Lipinski definition) is 5. The van der Waals surface area contributed by atoms with E-state index in [-0.39, 0.29) is 0 Å². The Bertz CT molecular complexity index is 450.